The summed E-state index contributed by atoms with van der Waals surface area (Å²) < 4.78 is 28.8. The molecule has 0 spiro atoms. The van der Waals surface area contributed by atoms with Gasteiger partial charge in [0.05, 0.1) is 6.54 Å². The number of carbonyl (C=O) groups excluding carboxylic acids is 2. The zero-order chi connectivity index (χ0) is 20.7. The number of hydrogen-bond acceptors (Lipinski definition) is 5. The zero-order valence-corrected chi connectivity index (χ0v) is 18.4. The highest BCUT2D eigenvalue weighted by Gasteiger charge is 2.31. The molecule has 9 nitrogen and oxygen atoms in total. The number of benzene rings is 1. The number of piperazine rings is 1. The number of amides is 3. The molecular formula is C17H26BrN5O4S. The lowest BCUT2D eigenvalue weighted by molar-refractivity contribution is -0.121. The van der Waals surface area contributed by atoms with Gasteiger partial charge in [0.1, 0.15) is 0 Å². The first-order valence-electron chi connectivity index (χ1n) is 9.10. The summed E-state index contributed by atoms with van der Waals surface area (Å²) in [5.74, 6) is -0.435. The third-order valence-electron chi connectivity index (χ3n) is 4.41. The first-order valence-corrected chi connectivity index (χ1v) is 11.3. The minimum Gasteiger partial charge on any atom is -0.308 e. The van der Waals surface area contributed by atoms with E-state index in [9.17, 15) is 18.0 Å². The average Bonchev–Trinajstić information content (AvgIpc) is 2.64. The predicted molar refractivity (Wildman–Crippen MR) is 111 cm³/mol. The average molecular weight is 476 g/mol. The molecule has 3 amide bonds. The fourth-order valence-electron chi connectivity index (χ4n) is 2.90. The van der Waals surface area contributed by atoms with E-state index < -0.39 is 22.1 Å². The molecule has 2 rings (SSSR count). The van der Waals surface area contributed by atoms with Gasteiger partial charge in [-0.15, -0.1) is 0 Å². The second-order valence-corrected chi connectivity index (χ2v) is 9.12. The maximum absolute atomic E-state index is 12.5. The summed E-state index contributed by atoms with van der Waals surface area (Å²) in [5.41, 5.74) is 0.573. The van der Waals surface area contributed by atoms with Crippen molar-refractivity contribution in [3.05, 3.63) is 28.7 Å². The van der Waals surface area contributed by atoms with E-state index in [4.69, 9.17) is 0 Å². The summed E-state index contributed by atoms with van der Waals surface area (Å²) in [5, 5.41) is 4.87. The predicted octanol–water partition coefficient (Wildman–Crippen LogP) is 1.30. The fraction of sp³-hybridized carbons (Fsp3) is 0.529. The van der Waals surface area contributed by atoms with Gasteiger partial charge in [0, 0.05) is 49.4 Å². The van der Waals surface area contributed by atoms with Crippen LogP contribution in [-0.4, -0.2) is 79.7 Å². The van der Waals surface area contributed by atoms with E-state index in [1.807, 2.05) is 4.90 Å². The van der Waals surface area contributed by atoms with E-state index in [-0.39, 0.29) is 6.54 Å². The molecule has 0 unspecified atom stereocenters. The number of nitrogens with one attached hydrogen (secondary N) is 2. The Labute approximate surface area is 174 Å². The van der Waals surface area contributed by atoms with E-state index in [0.29, 0.717) is 45.0 Å². The van der Waals surface area contributed by atoms with E-state index in [2.05, 4.69) is 26.6 Å². The molecule has 156 valence electrons. The monoisotopic (exact) mass is 475 g/mol. The number of nitrogens with zero attached hydrogens (tertiary/aromatic N) is 3. The third kappa shape index (κ3) is 6.24. The third-order valence-corrected chi connectivity index (χ3v) is 7.13. The summed E-state index contributed by atoms with van der Waals surface area (Å²) in [6.07, 6.45) is 0. The summed E-state index contributed by atoms with van der Waals surface area (Å²) in [6, 6.07) is 6.38. The molecule has 0 radical (unpaired) electrons. The molecule has 1 heterocycles. The molecule has 1 fully saturated rings. The van der Waals surface area contributed by atoms with Crippen LogP contribution in [-0.2, 0) is 15.0 Å². The molecule has 1 aliphatic rings. The maximum Gasteiger partial charge on any atom is 0.325 e. The van der Waals surface area contributed by atoms with Gasteiger partial charge in [0.2, 0.25) is 5.91 Å². The number of anilines is 1. The molecule has 0 atom stereocenters. The Balaban J connectivity index is 1.78. The summed E-state index contributed by atoms with van der Waals surface area (Å²) in [4.78, 5) is 25.8. The maximum atomic E-state index is 12.5. The van der Waals surface area contributed by atoms with Crippen molar-refractivity contribution in [3.8, 4) is 0 Å². The molecule has 1 aromatic rings. The van der Waals surface area contributed by atoms with Crippen LogP contribution in [0.15, 0.2) is 28.7 Å². The Kier molecular flexibility index (Phi) is 8.38. The Hall–Kier alpha value is -1.53. The molecule has 1 aromatic carbocycles. The SMILES string of the molecule is CCN(CC)S(=O)(=O)N1CCN(CC(=O)NC(=O)Nc2ccc(Br)cc2)CC1. The van der Waals surface area contributed by atoms with Crippen LogP contribution in [0, 0.1) is 0 Å². The molecule has 1 saturated heterocycles. The normalized spacial score (nSPS) is 16.1. The first kappa shape index (κ1) is 22.8. The second-order valence-electron chi connectivity index (χ2n) is 6.28. The Morgan fingerprint density at radius 2 is 1.64 bits per heavy atom. The van der Waals surface area contributed by atoms with Crippen molar-refractivity contribution >= 4 is 43.8 Å². The van der Waals surface area contributed by atoms with Crippen molar-refractivity contribution in [2.45, 2.75) is 13.8 Å². The van der Waals surface area contributed by atoms with Crippen LogP contribution in [0.2, 0.25) is 0 Å². The van der Waals surface area contributed by atoms with Gasteiger partial charge in [-0.1, -0.05) is 29.8 Å². The van der Waals surface area contributed by atoms with Crippen LogP contribution in [0.4, 0.5) is 10.5 Å². The Bertz CT molecular complexity index is 775. The van der Waals surface area contributed by atoms with Crippen LogP contribution in [0.3, 0.4) is 0 Å². The topological polar surface area (TPSA) is 102 Å². The number of hydrogen-bond donors (Lipinski definition) is 2. The van der Waals surface area contributed by atoms with Crippen molar-refractivity contribution in [2.75, 3.05) is 51.1 Å². The Morgan fingerprint density at radius 3 is 2.18 bits per heavy atom. The minimum absolute atomic E-state index is 0.0346. The van der Waals surface area contributed by atoms with Crippen molar-refractivity contribution < 1.29 is 18.0 Å². The number of imide groups is 1. The highest BCUT2D eigenvalue weighted by Crippen LogP contribution is 2.14. The van der Waals surface area contributed by atoms with Gasteiger partial charge < -0.3 is 5.32 Å². The van der Waals surface area contributed by atoms with E-state index in [0.717, 1.165) is 4.47 Å². The first-order chi connectivity index (χ1) is 13.3. The smallest absolute Gasteiger partial charge is 0.308 e. The van der Waals surface area contributed by atoms with Crippen LogP contribution < -0.4 is 10.6 Å². The minimum atomic E-state index is -3.46. The second kappa shape index (κ2) is 10.3. The van der Waals surface area contributed by atoms with Gasteiger partial charge in [0.25, 0.3) is 10.2 Å². The number of rotatable bonds is 7. The number of halogens is 1. The van der Waals surface area contributed by atoms with Crippen LogP contribution >= 0.6 is 15.9 Å². The molecule has 0 aliphatic carbocycles. The quantitative estimate of drug-likeness (QED) is 0.618. The van der Waals surface area contributed by atoms with E-state index >= 15 is 0 Å². The molecule has 11 heteroatoms. The van der Waals surface area contributed by atoms with Gasteiger partial charge in [-0.05, 0) is 24.3 Å². The lowest BCUT2D eigenvalue weighted by Crippen LogP contribution is -2.54. The van der Waals surface area contributed by atoms with Crippen molar-refractivity contribution in [1.82, 2.24) is 18.8 Å². The Morgan fingerprint density at radius 1 is 1.07 bits per heavy atom. The van der Waals surface area contributed by atoms with Crippen molar-refractivity contribution in [2.24, 2.45) is 0 Å². The van der Waals surface area contributed by atoms with Gasteiger partial charge in [0.15, 0.2) is 0 Å². The highest BCUT2D eigenvalue weighted by molar-refractivity contribution is 9.10. The summed E-state index contributed by atoms with van der Waals surface area (Å²) >= 11 is 3.31. The molecule has 2 N–H and O–H groups in total. The van der Waals surface area contributed by atoms with E-state index in [1.54, 1.807) is 38.1 Å². The highest BCUT2D eigenvalue weighted by atomic mass is 79.9. The number of carbonyl (C=O) groups is 2. The fourth-order valence-corrected chi connectivity index (χ4v) is 4.76. The van der Waals surface area contributed by atoms with Gasteiger partial charge in [-0.2, -0.15) is 17.0 Å². The lowest BCUT2D eigenvalue weighted by atomic mass is 10.3. The molecule has 0 aromatic heterocycles. The molecule has 1 aliphatic heterocycles. The van der Waals surface area contributed by atoms with E-state index in [1.165, 1.54) is 8.61 Å². The van der Waals surface area contributed by atoms with Crippen LogP contribution in [0.1, 0.15) is 13.8 Å². The van der Waals surface area contributed by atoms with Crippen molar-refractivity contribution in [3.63, 3.8) is 0 Å². The van der Waals surface area contributed by atoms with Gasteiger partial charge in [-0.25, -0.2) is 4.79 Å². The number of urea groups is 1. The lowest BCUT2D eigenvalue weighted by Gasteiger charge is -2.35. The standard InChI is InChI=1S/C17H26BrN5O4S/c1-3-22(4-2)28(26,27)23-11-9-21(10-12-23)13-16(24)20-17(25)19-15-7-5-14(18)6-8-15/h5-8H,3-4,9-13H2,1-2H3,(H2,19,20,24,25). The van der Waals surface area contributed by atoms with Crippen LogP contribution in [0.5, 0.6) is 0 Å². The van der Waals surface area contributed by atoms with Gasteiger partial charge in [-0.3, -0.25) is 15.0 Å². The molecule has 0 saturated carbocycles. The molecule has 0 bridgehead atoms. The molecule has 28 heavy (non-hydrogen) atoms. The largest absolute Gasteiger partial charge is 0.325 e. The summed E-state index contributed by atoms with van der Waals surface area (Å²) in [6.45, 7) is 6.00. The molecular weight excluding hydrogens is 450 g/mol. The van der Waals surface area contributed by atoms with Crippen molar-refractivity contribution in [1.29, 1.82) is 0 Å². The zero-order valence-electron chi connectivity index (χ0n) is 16.0. The van der Waals surface area contributed by atoms with Crippen LogP contribution in [0.25, 0.3) is 0 Å². The summed E-state index contributed by atoms with van der Waals surface area (Å²) in [7, 11) is -3.46. The van der Waals surface area contributed by atoms with Gasteiger partial charge >= 0.3 is 6.03 Å².